The summed E-state index contributed by atoms with van der Waals surface area (Å²) in [5, 5.41) is 0. The normalized spacial score (nSPS) is 22.1. The summed E-state index contributed by atoms with van der Waals surface area (Å²) in [6.07, 6.45) is 1.60. The number of carbonyl (C=O) groups excluding carboxylic acids is 1. The highest BCUT2D eigenvalue weighted by Crippen LogP contribution is 2.29. The molecule has 6 nitrogen and oxygen atoms in total. The summed E-state index contributed by atoms with van der Waals surface area (Å²) in [5.41, 5.74) is 5.89. The van der Waals surface area contributed by atoms with Crippen LogP contribution in [-0.4, -0.2) is 27.5 Å². The highest BCUT2D eigenvalue weighted by Gasteiger charge is 2.32. The quantitative estimate of drug-likeness (QED) is 0.641. The van der Waals surface area contributed by atoms with Crippen LogP contribution in [0.1, 0.15) is 30.1 Å². The third-order valence-electron chi connectivity index (χ3n) is 3.40. The third-order valence-corrected chi connectivity index (χ3v) is 4.96. The predicted octanol–water partition coefficient (Wildman–Crippen LogP) is 1.13. The number of nitrogens with two attached hydrogens (primary N) is 1. The maximum Gasteiger partial charge on any atom is 0.339 e. The minimum absolute atomic E-state index is 0.0124. The van der Waals surface area contributed by atoms with Gasteiger partial charge in [-0.1, -0.05) is 6.92 Å². The van der Waals surface area contributed by atoms with E-state index in [4.69, 9.17) is 5.73 Å². The molecule has 0 bridgehead atoms. The number of anilines is 1. The van der Waals surface area contributed by atoms with Crippen LogP contribution in [0.5, 0.6) is 0 Å². The number of rotatable bonds is 4. The van der Waals surface area contributed by atoms with Crippen LogP contribution in [0.15, 0.2) is 23.1 Å². The van der Waals surface area contributed by atoms with E-state index >= 15 is 0 Å². The highest BCUT2D eigenvalue weighted by atomic mass is 32.2. The van der Waals surface area contributed by atoms with Crippen molar-refractivity contribution in [2.75, 3.05) is 12.8 Å². The van der Waals surface area contributed by atoms with Crippen LogP contribution in [0.25, 0.3) is 0 Å². The molecule has 1 aromatic rings. The van der Waals surface area contributed by atoms with E-state index in [1.807, 2.05) is 0 Å². The molecule has 0 spiro atoms. The summed E-state index contributed by atoms with van der Waals surface area (Å²) < 4.78 is 31.9. The molecular weight excluding hydrogens is 280 g/mol. The molecule has 7 heteroatoms. The summed E-state index contributed by atoms with van der Waals surface area (Å²) >= 11 is 0. The number of ether oxygens (including phenoxy) is 1. The van der Waals surface area contributed by atoms with Crippen LogP contribution in [0.4, 0.5) is 5.69 Å². The molecule has 0 aliphatic heterocycles. The van der Waals surface area contributed by atoms with E-state index in [0.29, 0.717) is 5.92 Å². The fourth-order valence-electron chi connectivity index (χ4n) is 2.32. The highest BCUT2D eigenvalue weighted by molar-refractivity contribution is 7.89. The number of benzene rings is 1. The van der Waals surface area contributed by atoms with Crippen LogP contribution in [0, 0.1) is 5.92 Å². The first-order chi connectivity index (χ1) is 9.33. The second kappa shape index (κ2) is 5.41. The summed E-state index contributed by atoms with van der Waals surface area (Å²) in [6, 6.07) is 4.02. The fraction of sp³-hybridized carbons (Fsp3) is 0.462. The van der Waals surface area contributed by atoms with Gasteiger partial charge in [0.15, 0.2) is 0 Å². The van der Waals surface area contributed by atoms with Crippen LogP contribution >= 0.6 is 0 Å². The molecule has 0 amide bonds. The van der Waals surface area contributed by atoms with Crippen molar-refractivity contribution in [3.05, 3.63) is 23.8 Å². The number of sulfonamides is 1. The van der Waals surface area contributed by atoms with Gasteiger partial charge >= 0.3 is 5.97 Å². The Hall–Kier alpha value is -1.60. The van der Waals surface area contributed by atoms with E-state index in [0.717, 1.165) is 12.8 Å². The maximum atomic E-state index is 12.4. The van der Waals surface area contributed by atoms with E-state index in [1.54, 1.807) is 0 Å². The van der Waals surface area contributed by atoms with Gasteiger partial charge in [0.1, 0.15) is 0 Å². The number of carbonyl (C=O) groups is 1. The van der Waals surface area contributed by atoms with Crippen molar-refractivity contribution in [2.45, 2.75) is 30.7 Å². The Morgan fingerprint density at radius 1 is 1.40 bits per heavy atom. The summed E-state index contributed by atoms with van der Waals surface area (Å²) in [7, 11) is -2.58. The van der Waals surface area contributed by atoms with Gasteiger partial charge in [-0.3, -0.25) is 0 Å². The van der Waals surface area contributed by atoms with Crippen molar-refractivity contribution in [3.8, 4) is 0 Å². The first-order valence-electron chi connectivity index (χ1n) is 6.33. The first-order valence-corrected chi connectivity index (χ1v) is 7.82. The predicted molar refractivity (Wildman–Crippen MR) is 74.7 cm³/mol. The lowest BCUT2D eigenvalue weighted by Gasteiger charge is -2.33. The lowest BCUT2D eigenvalue weighted by Crippen LogP contribution is -2.43. The maximum absolute atomic E-state index is 12.4. The molecule has 1 fully saturated rings. The van der Waals surface area contributed by atoms with Crippen molar-refractivity contribution in [1.82, 2.24) is 4.72 Å². The molecule has 0 saturated heterocycles. The molecule has 1 aromatic carbocycles. The molecule has 1 aliphatic rings. The first kappa shape index (κ1) is 14.8. The topological polar surface area (TPSA) is 98.5 Å². The Kier molecular flexibility index (Phi) is 4.01. The van der Waals surface area contributed by atoms with Crippen molar-refractivity contribution in [3.63, 3.8) is 0 Å². The number of esters is 1. The Bertz CT molecular complexity index is 621. The van der Waals surface area contributed by atoms with Crippen LogP contribution in [-0.2, 0) is 14.8 Å². The molecule has 0 aromatic heterocycles. The van der Waals surface area contributed by atoms with Gasteiger partial charge in [-0.05, 0) is 37.0 Å². The molecule has 20 heavy (non-hydrogen) atoms. The SMILES string of the molecule is COC(=O)c1ccc(N)cc1S(=O)(=O)NC1CC(C)C1. The molecule has 0 radical (unpaired) electrons. The van der Waals surface area contributed by atoms with Crippen LogP contribution in [0.2, 0.25) is 0 Å². The van der Waals surface area contributed by atoms with E-state index in [1.165, 1.54) is 25.3 Å². The lowest BCUT2D eigenvalue weighted by molar-refractivity contribution is 0.0596. The second-order valence-corrected chi connectivity index (χ2v) is 6.82. The van der Waals surface area contributed by atoms with E-state index in [9.17, 15) is 13.2 Å². The minimum atomic E-state index is -3.78. The average Bonchev–Trinajstić information content (AvgIpc) is 2.35. The van der Waals surface area contributed by atoms with Crippen molar-refractivity contribution < 1.29 is 17.9 Å². The van der Waals surface area contributed by atoms with Gasteiger partial charge < -0.3 is 10.5 Å². The van der Waals surface area contributed by atoms with Gasteiger partial charge in [0, 0.05) is 11.7 Å². The molecule has 110 valence electrons. The fourth-order valence-corrected chi connectivity index (χ4v) is 3.81. The molecule has 2 rings (SSSR count). The molecular formula is C13H18N2O4S. The molecule has 3 N–H and O–H groups in total. The molecule has 0 atom stereocenters. The van der Waals surface area contributed by atoms with E-state index in [2.05, 4.69) is 16.4 Å². The van der Waals surface area contributed by atoms with Crippen LogP contribution in [0.3, 0.4) is 0 Å². The largest absolute Gasteiger partial charge is 0.465 e. The number of hydrogen-bond acceptors (Lipinski definition) is 5. The summed E-state index contributed by atoms with van der Waals surface area (Å²) in [6.45, 7) is 2.06. The number of hydrogen-bond donors (Lipinski definition) is 2. The Labute approximate surface area is 118 Å². The zero-order chi connectivity index (χ0) is 14.9. The van der Waals surface area contributed by atoms with Gasteiger partial charge in [-0.2, -0.15) is 0 Å². The molecule has 1 aliphatic carbocycles. The monoisotopic (exact) mass is 298 g/mol. The van der Waals surface area contributed by atoms with Crippen LogP contribution < -0.4 is 10.5 Å². The van der Waals surface area contributed by atoms with Gasteiger partial charge in [0.05, 0.1) is 17.6 Å². The van der Waals surface area contributed by atoms with E-state index < -0.39 is 16.0 Å². The van der Waals surface area contributed by atoms with Gasteiger partial charge in [-0.15, -0.1) is 0 Å². The molecule has 0 heterocycles. The number of methoxy groups -OCH3 is 1. The Morgan fingerprint density at radius 3 is 2.60 bits per heavy atom. The van der Waals surface area contributed by atoms with Crippen molar-refractivity contribution >= 4 is 21.7 Å². The van der Waals surface area contributed by atoms with Crippen molar-refractivity contribution in [1.29, 1.82) is 0 Å². The summed E-state index contributed by atoms with van der Waals surface area (Å²) in [4.78, 5) is 11.5. The van der Waals surface area contributed by atoms with Gasteiger partial charge in [0.25, 0.3) is 0 Å². The lowest BCUT2D eigenvalue weighted by atomic mass is 9.83. The number of nitrogen functional groups attached to an aromatic ring is 1. The summed E-state index contributed by atoms with van der Waals surface area (Å²) in [5.74, 6) is -0.184. The van der Waals surface area contributed by atoms with E-state index in [-0.39, 0.29) is 22.2 Å². The average molecular weight is 298 g/mol. The van der Waals surface area contributed by atoms with Gasteiger partial charge in [0.2, 0.25) is 10.0 Å². The minimum Gasteiger partial charge on any atom is -0.465 e. The van der Waals surface area contributed by atoms with Gasteiger partial charge in [-0.25, -0.2) is 17.9 Å². The van der Waals surface area contributed by atoms with Crippen molar-refractivity contribution in [2.24, 2.45) is 5.92 Å². The zero-order valence-electron chi connectivity index (χ0n) is 11.4. The standard InChI is InChI=1S/C13H18N2O4S/c1-8-5-10(6-8)15-20(17,18)12-7-9(14)3-4-11(12)13(16)19-2/h3-4,7-8,10,15H,5-6,14H2,1-2H3. The zero-order valence-corrected chi connectivity index (χ0v) is 12.2. The Balaban J connectivity index is 2.34. The Morgan fingerprint density at radius 2 is 2.05 bits per heavy atom. The number of nitrogens with one attached hydrogen (secondary N) is 1. The molecule has 0 unspecified atom stereocenters. The third kappa shape index (κ3) is 2.94. The molecule has 1 saturated carbocycles. The second-order valence-electron chi connectivity index (χ2n) is 5.14. The smallest absolute Gasteiger partial charge is 0.339 e.